The van der Waals surface area contributed by atoms with E-state index in [9.17, 15) is 194 Å². The number of nitrogens with one attached hydrogen (secondary N) is 1. The van der Waals surface area contributed by atoms with Crippen molar-refractivity contribution in [2.75, 3.05) is 79.3 Å². The summed E-state index contributed by atoms with van der Waals surface area (Å²) in [4.78, 5) is 12.5. The molecule has 12 rings (SSSR count). The summed E-state index contributed by atoms with van der Waals surface area (Å²) < 4.78 is 134. The van der Waals surface area contributed by atoms with Crippen LogP contribution < -0.4 is 5.32 Å². The summed E-state index contributed by atoms with van der Waals surface area (Å²) in [7, 11) is 0. The molecule has 1 unspecified atom stereocenters. The van der Waals surface area contributed by atoms with Crippen molar-refractivity contribution in [2.24, 2.45) is 0 Å². The molecule has 136 heavy (non-hydrogen) atoms. The average molecular weight is 2000 g/mol. The lowest BCUT2D eigenvalue weighted by atomic mass is 9.94. The van der Waals surface area contributed by atoms with Crippen LogP contribution >= 0.6 is 0 Å². The Morgan fingerprint density at radius 2 is 0.390 bits per heavy atom. The van der Waals surface area contributed by atoms with Gasteiger partial charge < -0.3 is 303 Å². The molecule has 12 saturated heterocycles. The van der Waals surface area contributed by atoms with Crippen LogP contribution in [0.4, 0.5) is 0 Å². The first-order valence-corrected chi connectivity index (χ1v) is 43.2. The minimum atomic E-state index is -2.67. The molecule has 792 valence electrons. The number of carbonyl (C=O) groups is 1. The predicted molar refractivity (Wildman–Crippen MR) is 407 cm³/mol. The van der Waals surface area contributed by atoms with Crippen molar-refractivity contribution >= 4 is 5.91 Å². The van der Waals surface area contributed by atoms with Crippen LogP contribution in [0.2, 0.25) is 0 Å². The van der Waals surface area contributed by atoms with E-state index >= 15 is 0 Å². The largest absolute Gasteiger partial charge is 0.394 e. The fraction of sp³-hybridized carbons (Fsp3) is 0.986. The molecular weight excluding hydrogens is 1880 g/mol. The van der Waals surface area contributed by atoms with Gasteiger partial charge in [-0.25, -0.2) is 0 Å². The minimum absolute atomic E-state index is 0.924. The van der Waals surface area contributed by atoms with Crippen LogP contribution in [0.3, 0.4) is 0 Å². The highest BCUT2D eigenvalue weighted by atomic mass is 16.8. The molecule has 60 atom stereocenters. The molecule has 12 fully saturated rings. The molecule has 0 aromatic carbocycles. The highest BCUT2D eigenvalue weighted by Crippen LogP contribution is 2.43. The second-order valence-electron chi connectivity index (χ2n) is 34.4. The lowest BCUT2D eigenvalue weighted by Gasteiger charge is -2.51. The van der Waals surface area contributed by atoms with Gasteiger partial charge in [0.1, 0.15) is 293 Å². The Hall–Kier alpha value is -2.93. The van der Waals surface area contributed by atoms with Gasteiger partial charge in [0.25, 0.3) is 0 Å². The lowest BCUT2D eigenvalue weighted by Crippen LogP contribution is -2.69. The normalized spacial score (nSPS) is 52.8. The van der Waals surface area contributed by atoms with Gasteiger partial charge in [-0.3, -0.25) is 4.79 Å². The number of carbonyl (C=O) groups excluding carboxylic acids is 1. The molecular formula is C74H125NO61. The number of rotatable bonds is 35. The quantitative estimate of drug-likeness (QED) is 0.0280. The Bertz CT molecular complexity index is 3590. The third-order valence-corrected chi connectivity index (χ3v) is 25.5. The summed E-state index contributed by atoms with van der Waals surface area (Å²) in [6.45, 7) is -13.2. The monoisotopic (exact) mass is 2000 g/mol. The molecule has 38 N–H and O–H groups in total. The van der Waals surface area contributed by atoms with Gasteiger partial charge in [0.2, 0.25) is 5.91 Å². The van der Waals surface area contributed by atoms with Gasteiger partial charge in [-0.1, -0.05) is 0 Å². The van der Waals surface area contributed by atoms with Crippen LogP contribution in [0.15, 0.2) is 0 Å². The number of aliphatic hydroxyl groups excluding tert-OH is 37. The Labute approximate surface area is 766 Å². The molecule has 62 nitrogen and oxygen atoms in total. The first kappa shape index (κ1) is 112. The zero-order chi connectivity index (χ0) is 99.7. The first-order valence-electron chi connectivity index (χ1n) is 43.2. The maximum atomic E-state index is 12.8. The van der Waals surface area contributed by atoms with Crippen LogP contribution in [0.1, 0.15) is 6.92 Å². The van der Waals surface area contributed by atoms with E-state index in [1.807, 2.05) is 0 Å². The first-order chi connectivity index (χ1) is 64.5. The number of amides is 1. The predicted octanol–water partition coefficient (Wildman–Crippen LogP) is -27.0. The number of ether oxygens (including phenoxy) is 23. The van der Waals surface area contributed by atoms with Gasteiger partial charge in [0.15, 0.2) is 75.5 Å². The molecule has 0 bridgehead atoms. The molecule has 12 heterocycles. The molecule has 62 heteroatoms. The summed E-state index contributed by atoms with van der Waals surface area (Å²) in [5.74, 6) is -0.924. The second-order valence-corrected chi connectivity index (χ2v) is 34.4. The maximum Gasteiger partial charge on any atom is 0.217 e. The Morgan fingerprint density at radius 1 is 0.191 bits per heavy atom. The molecule has 0 aromatic heterocycles. The van der Waals surface area contributed by atoms with E-state index in [2.05, 4.69) is 5.32 Å². The van der Waals surface area contributed by atoms with Crippen LogP contribution in [-0.4, -0.2) is 643 Å². The van der Waals surface area contributed by atoms with Crippen molar-refractivity contribution in [1.82, 2.24) is 5.32 Å². The third kappa shape index (κ3) is 23.5. The van der Waals surface area contributed by atoms with Crippen LogP contribution in [0.25, 0.3) is 0 Å². The van der Waals surface area contributed by atoms with Crippen LogP contribution in [0, 0.1) is 0 Å². The highest BCUT2D eigenvalue weighted by molar-refractivity contribution is 5.73. The Kier molecular flexibility index (Phi) is 40.0. The van der Waals surface area contributed by atoms with Crippen LogP contribution in [-0.2, 0) is 114 Å². The minimum Gasteiger partial charge on any atom is -0.394 e. The number of aliphatic hydroxyl groups is 37. The standard InChI is InChI=1S/C74H125NO61/c1-14(86)75-27-39(98)54(24(11-85)116-63(27)113)128-70-53(112)58(132-73-62(46(105)34(93)20(7-81)124-73)136-74-61(45(104)33(92)21(8-82)125-74)135-69-52(111)56(36(95)23(10-84)121-69)130-68-51(110)55(35(94)22(9-83)120-68)129-65-47(106)40(99)28(87)15(2-76)117-65)38(97)26(127-70)12-114-64-50(109)57(131-72-60(44(103)32(91)19(6-80)123-72)134-67-49(108)42(101)30(89)17(4-78)119-67)37(96)25(126-64)13-115-71-59(43(102)31(90)18(5-79)122-71)133-66-48(107)41(100)29(88)16(3-77)118-66/h15-74,76-85,87-113H,2-13H2,1H3,(H,75,86)/t15-,16-,17-,18-,19-,20-,21-,22-,23-,24-,25-,26-,27-,28-,29-,30-,31-,32-,33-,34-,35-,36-,37-,38-,39-,40+,41+,42+,43+,44+,45+,46+,47-,48+,49+,50+,51-,52+,53+,54-,55+,56+,57+,58+,59+,60+,61+,62+,63?,64+,65-,66-,67-,68-,69-,70+,71+,72-,73-,74-/m1/s1. The second kappa shape index (κ2) is 48.6. The number of hydrogen-bond acceptors (Lipinski definition) is 61. The zero-order valence-electron chi connectivity index (χ0n) is 71.5. The topological polar surface area (TPSA) is 990 Å². The van der Waals surface area contributed by atoms with E-state index in [1.165, 1.54) is 0 Å². The highest BCUT2D eigenvalue weighted by Gasteiger charge is 2.63. The molecule has 12 aliphatic heterocycles. The van der Waals surface area contributed by atoms with E-state index in [4.69, 9.17) is 109 Å². The van der Waals surface area contributed by atoms with Crippen molar-refractivity contribution in [3.05, 3.63) is 0 Å². The van der Waals surface area contributed by atoms with Gasteiger partial charge in [-0.15, -0.1) is 0 Å². The Balaban J connectivity index is 0.862. The summed E-state index contributed by atoms with van der Waals surface area (Å²) in [5, 5.41) is 415. The van der Waals surface area contributed by atoms with Crippen molar-refractivity contribution in [3.63, 3.8) is 0 Å². The van der Waals surface area contributed by atoms with Gasteiger partial charge in [-0.2, -0.15) is 0 Å². The van der Waals surface area contributed by atoms with E-state index in [0.29, 0.717) is 0 Å². The SMILES string of the molecule is CC(=O)N[C@H]1C(O)O[C@H](CO)[C@@H](O[C@@H]2O[C@H](CO[C@H]3O[C@H](CO[C@H]4O[C@H](CO)[C@@H](O)[C@H](O)[C@@H]4O[C@H]4O[C@H](CO)[C@@H](O)[C@H](O)[C@@H]4O)[C@@H](O)[C@H](O[C@H]4O[C@H](CO)[C@@H](O)[C@H](O)[C@@H]4O[C@H]4O[C@H](CO)[C@@H](O)[C@H](O)[C@@H]4O)[C@@H]3O)[C@@H](O)[C@H](O[C@H]3O[C@H](CO)[C@@H](O)[C@H](O)[C@@H]3O[C@H]3O[C@H](CO)[C@@H](O)[C@H](O)[C@@H]3O[C@H]3O[C@H](CO)[C@@H](O)[C@H](O[C@H]4O[C@H](CO)[C@@H](O)[C@H](O[C@H]5O[C@H](CO)[C@@H](O)[C@H](O)[C@H]5O)[C@H]4O)[C@@H]3O)[C@@H]2O)[C@@H]1O. The van der Waals surface area contributed by atoms with Crippen molar-refractivity contribution in [2.45, 2.75) is 375 Å². The van der Waals surface area contributed by atoms with E-state index in [0.717, 1.165) is 6.92 Å². The van der Waals surface area contributed by atoms with Crippen molar-refractivity contribution < 1.29 is 303 Å². The maximum absolute atomic E-state index is 12.8. The molecule has 0 aromatic rings. The van der Waals surface area contributed by atoms with Crippen LogP contribution in [0.5, 0.6) is 0 Å². The molecule has 1 amide bonds. The van der Waals surface area contributed by atoms with Gasteiger partial charge in [-0.05, 0) is 0 Å². The van der Waals surface area contributed by atoms with Crippen molar-refractivity contribution in [1.29, 1.82) is 0 Å². The van der Waals surface area contributed by atoms with Gasteiger partial charge in [0.05, 0.1) is 79.3 Å². The smallest absolute Gasteiger partial charge is 0.217 e. The summed E-state index contributed by atoms with van der Waals surface area (Å²) >= 11 is 0. The van der Waals surface area contributed by atoms with E-state index in [-0.39, 0.29) is 0 Å². The Morgan fingerprint density at radius 3 is 0.684 bits per heavy atom. The van der Waals surface area contributed by atoms with Crippen molar-refractivity contribution in [3.8, 4) is 0 Å². The summed E-state index contributed by atoms with van der Waals surface area (Å²) in [6, 6.07) is -1.87. The summed E-state index contributed by atoms with van der Waals surface area (Å²) in [5.41, 5.74) is 0. The van der Waals surface area contributed by atoms with Gasteiger partial charge >= 0.3 is 0 Å². The molecule has 0 spiro atoms. The van der Waals surface area contributed by atoms with E-state index < -0.39 is 454 Å². The molecule has 12 aliphatic rings. The zero-order valence-corrected chi connectivity index (χ0v) is 71.5. The fourth-order valence-corrected chi connectivity index (χ4v) is 17.5. The van der Waals surface area contributed by atoms with Gasteiger partial charge in [0, 0.05) is 6.92 Å². The number of hydrogen-bond donors (Lipinski definition) is 38. The molecule has 0 radical (unpaired) electrons. The third-order valence-electron chi connectivity index (χ3n) is 25.5. The molecule has 0 saturated carbocycles. The summed E-state index contributed by atoms with van der Waals surface area (Å²) in [6.07, 6.45) is -132. The van der Waals surface area contributed by atoms with E-state index in [1.54, 1.807) is 0 Å². The fourth-order valence-electron chi connectivity index (χ4n) is 17.5. The molecule has 0 aliphatic carbocycles. The lowest BCUT2D eigenvalue weighted by molar-refractivity contribution is -0.412. The average Bonchev–Trinajstić information content (AvgIpc) is 0.762.